The quantitative estimate of drug-likeness (QED) is 0.743. The number of rotatable bonds is 5. The van der Waals surface area contributed by atoms with Crippen LogP contribution in [0.3, 0.4) is 0 Å². The molecule has 7 heteroatoms. The van der Waals surface area contributed by atoms with Gasteiger partial charge < -0.3 is 10.1 Å². The molecule has 0 aliphatic heterocycles. The highest BCUT2D eigenvalue weighted by molar-refractivity contribution is 6.30. The van der Waals surface area contributed by atoms with E-state index in [2.05, 4.69) is 15.3 Å². The summed E-state index contributed by atoms with van der Waals surface area (Å²) in [6.45, 7) is 6.04. The van der Waals surface area contributed by atoms with E-state index in [-0.39, 0.29) is 10.6 Å². The van der Waals surface area contributed by atoms with E-state index in [1.165, 1.54) is 18.5 Å². The predicted octanol–water partition coefficient (Wildman–Crippen LogP) is 4.96. The maximum Gasteiger partial charge on any atom is 0.341 e. The van der Waals surface area contributed by atoms with Crippen LogP contribution in [-0.4, -0.2) is 22.5 Å². The van der Waals surface area contributed by atoms with Gasteiger partial charge in [-0.2, -0.15) is 0 Å². The Morgan fingerprint density at radius 2 is 1.96 bits per heavy atom. The van der Waals surface area contributed by atoms with Gasteiger partial charge in [0, 0.05) is 12.4 Å². The fraction of sp³-hybridized carbons (Fsp3) is 0.421. The second kappa shape index (κ2) is 8.94. The number of carbonyl (C=O) groups is 1. The molecule has 0 spiro atoms. The van der Waals surface area contributed by atoms with Gasteiger partial charge in [-0.1, -0.05) is 31.5 Å². The van der Waals surface area contributed by atoms with Crippen molar-refractivity contribution in [3.8, 4) is 0 Å². The van der Waals surface area contributed by atoms with E-state index < -0.39 is 11.8 Å². The average molecular weight is 380 g/mol. The minimum atomic E-state index is -0.451. The van der Waals surface area contributed by atoms with Crippen molar-refractivity contribution >= 4 is 23.5 Å². The first-order valence-corrected chi connectivity index (χ1v) is 9.15. The molecule has 1 N–H and O–H groups in total. The van der Waals surface area contributed by atoms with Crippen molar-refractivity contribution in [1.82, 2.24) is 9.97 Å². The molecule has 2 aromatic rings. The lowest BCUT2D eigenvalue weighted by Gasteiger charge is -2.43. The Morgan fingerprint density at radius 3 is 2.46 bits per heavy atom. The Balaban J connectivity index is 0.00000117. The maximum atomic E-state index is 13.4. The van der Waals surface area contributed by atoms with Crippen LogP contribution in [0.15, 0.2) is 30.6 Å². The number of halogens is 2. The molecule has 3 rings (SSSR count). The van der Waals surface area contributed by atoms with Gasteiger partial charge in [-0.05, 0) is 43.9 Å². The lowest BCUT2D eigenvalue weighted by molar-refractivity contribution is 0.0525. The molecular weight excluding hydrogens is 357 g/mol. The summed E-state index contributed by atoms with van der Waals surface area (Å²) in [5.74, 6) is -0.485. The number of esters is 1. The summed E-state index contributed by atoms with van der Waals surface area (Å²) in [5.41, 5.74) is 0.844. The number of benzene rings is 1. The smallest absolute Gasteiger partial charge is 0.341 e. The lowest BCUT2D eigenvalue weighted by Crippen LogP contribution is -2.42. The number of carbonyl (C=O) groups excluding carboxylic acids is 1. The maximum absolute atomic E-state index is 13.4. The highest BCUT2D eigenvalue weighted by atomic mass is 35.5. The number of nitrogens with one attached hydrogen (secondary N) is 1. The molecule has 1 aliphatic rings. The largest absolute Gasteiger partial charge is 0.462 e. The van der Waals surface area contributed by atoms with Crippen molar-refractivity contribution < 1.29 is 13.9 Å². The molecule has 0 amide bonds. The molecular formula is C19H23ClFN3O2. The highest BCUT2D eigenvalue weighted by Crippen LogP contribution is 2.44. The van der Waals surface area contributed by atoms with Gasteiger partial charge in [0.2, 0.25) is 5.95 Å². The molecule has 1 fully saturated rings. The summed E-state index contributed by atoms with van der Waals surface area (Å²) >= 11 is 5.90. The SMILES string of the molecule is CC.CCOC(=O)c1cnc(NC2(c3ccc(F)c(Cl)c3)CCC2)nc1. The van der Waals surface area contributed by atoms with E-state index >= 15 is 0 Å². The van der Waals surface area contributed by atoms with E-state index in [4.69, 9.17) is 16.3 Å². The van der Waals surface area contributed by atoms with Gasteiger partial charge in [0.25, 0.3) is 0 Å². The van der Waals surface area contributed by atoms with Gasteiger partial charge in [-0.3, -0.25) is 0 Å². The molecule has 0 bridgehead atoms. The van der Waals surface area contributed by atoms with Crippen LogP contribution in [0.25, 0.3) is 0 Å². The van der Waals surface area contributed by atoms with Crippen molar-refractivity contribution in [2.24, 2.45) is 0 Å². The zero-order valence-electron chi connectivity index (χ0n) is 15.2. The van der Waals surface area contributed by atoms with E-state index in [9.17, 15) is 9.18 Å². The second-order valence-electron chi connectivity index (χ2n) is 5.71. The van der Waals surface area contributed by atoms with Gasteiger partial charge in [-0.15, -0.1) is 0 Å². The van der Waals surface area contributed by atoms with Crippen LogP contribution in [0.4, 0.5) is 10.3 Å². The average Bonchev–Trinajstić information content (AvgIpc) is 2.63. The first kappa shape index (κ1) is 20.1. The third-order valence-corrected chi connectivity index (χ3v) is 4.48. The van der Waals surface area contributed by atoms with Crippen molar-refractivity contribution in [3.05, 3.63) is 52.6 Å². The summed E-state index contributed by atoms with van der Waals surface area (Å²) in [7, 11) is 0. The number of anilines is 1. The van der Waals surface area contributed by atoms with Gasteiger partial charge in [-0.25, -0.2) is 19.2 Å². The molecule has 1 aromatic heterocycles. The summed E-state index contributed by atoms with van der Waals surface area (Å²) in [4.78, 5) is 20.0. The summed E-state index contributed by atoms with van der Waals surface area (Å²) in [5, 5.41) is 3.39. The first-order chi connectivity index (χ1) is 12.5. The normalized spacial score (nSPS) is 14.5. The zero-order valence-corrected chi connectivity index (χ0v) is 15.9. The number of ether oxygens (including phenoxy) is 1. The van der Waals surface area contributed by atoms with Crippen LogP contribution in [0, 0.1) is 5.82 Å². The van der Waals surface area contributed by atoms with E-state index in [0.29, 0.717) is 18.1 Å². The van der Waals surface area contributed by atoms with Crippen LogP contribution < -0.4 is 5.32 Å². The molecule has 5 nitrogen and oxygen atoms in total. The summed E-state index contributed by atoms with van der Waals surface area (Å²) in [6, 6.07) is 4.72. The predicted molar refractivity (Wildman–Crippen MR) is 99.9 cm³/mol. The molecule has 1 aromatic carbocycles. The minimum Gasteiger partial charge on any atom is -0.462 e. The third kappa shape index (κ3) is 4.30. The van der Waals surface area contributed by atoms with Crippen molar-refractivity contribution in [2.75, 3.05) is 11.9 Å². The monoisotopic (exact) mass is 379 g/mol. The Kier molecular flexibility index (Phi) is 6.91. The molecule has 1 heterocycles. The molecule has 0 radical (unpaired) electrons. The molecule has 0 saturated heterocycles. The van der Waals surface area contributed by atoms with Crippen LogP contribution in [0.5, 0.6) is 0 Å². The van der Waals surface area contributed by atoms with Crippen LogP contribution in [0.1, 0.15) is 56.0 Å². The molecule has 1 aliphatic carbocycles. The third-order valence-electron chi connectivity index (χ3n) is 4.19. The standard InChI is InChI=1S/C17H17ClFN3O2.C2H6/c1-2-24-15(23)11-9-20-16(21-10-11)22-17(6-3-7-17)12-4-5-14(19)13(18)8-12;1-2/h4-5,8-10H,2-3,6-7H2,1H3,(H,20,21,22);1-2H3. The van der Waals surface area contributed by atoms with Crippen molar-refractivity contribution in [1.29, 1.82) is 0 Å². The molecule has 0 atom stereocenters. The van der Waals surface area contributed by atoms with Crippen LogP contribution in [-0.2, 0) is 10.3 Å². The minimum absolute atomic E-state index is 0.0964. The first-order valence-electron chi connectivity index (χ1n) is 8.77. The van der Waals surface area contributed by atoms with E-state index in [0.717, 1.165) is 24.8 Å². The number of hydrogen-bond acceptors (Lipinski definition) is 5. The van der Waals surface area contributed by atoms with Crippen molar-refractivity contribution in [2.45, 2.75) is 45.6 Å². The Bertz CT molecular complexity index is 749. The molecule has 26 heavy (non-hydrogen) atoms. The lowest BCUT2D eigenvalue weighted by atomic mass is 9.72. The number of aromatic nitrogens is 2. The van der Waals surface area contributed by atoms with Crippen LogP contribution >= 0.6 is 11.6 Å². The summed E-state index contributed by atoms with van der Waals surface area (Å²) < 4.78 is 18.3. The zero-order chi connectivity index (χ0) is 19.2. The van der Waals surface area contributed by atoms with Gasteiger partial charge >= 0.3 is 5.97 Å². The Morgan fingerprint density at radius 1 is 1.31 bits per heavy atom. The Hall–Kier alpha value is -2.21. The molecule has 1 saturated carbocycles. The second-order valence-corrected chi connectivity index (χ2v) is 6.11. The fourth-order valence-electron chi connectivity index (χ4n) is 2.74. The molecule has 140 valence electrons. The van der Waals surface area contributed by atoms with Crippen molar-refractivity contribution in [3.63, 3.8) is 0 Å². The van der Waals surface area contributed by atoms with Gasteiger partial charge in [0.15, 0.2) is 0 Å². The highest BCUT2D eigenvalue weighted by Gasteiger charge is 2.39. The number of nitrogens with zero attached hydrogens (tertiary/aromatic N) is 2. The van der Waals surface area contributed by atoms with E-state index in [1.807, 2.05) is 13.8 Å². The number of hydrogen-bond donors (Lipinski definition) is 1. The van der Waals surface area contributed by atoms with Crippen LogP contribution in [0.2, 0.25) is 5.02 Å². The van der Waals surface area contributed by atoms with Gasteiger partial charge in [0.05, 0.1) is 22.7 Å². The summed E-state index contributed by atoms with van der Waals surface area (Å²) in [6.07, 6.45) is 5.65. The molecule has 0 unspecified atom stereocenters. The Labute approximate surface area is 158 Å². The van der Waals surface area contributed by atoms with Gasteiger partial charge in [0.1, 0.15) is 5.82 Å². The topological polar surface area (TPSA) is 64.1 Å². The van der Waals surface area contributed by atoms with E-state index in [1.54, 1.807) is 19.1 Å². The fourth-order valence-corrected chi connectivity index (χ4v) is 2.92.